The van der Waals surface area contributed by atoms with Crippen molar-refractivity contribution in [3.63, 3.8) is 0 Å². The number of fused-ring (bicyclic) bond motifs is 8. The third-order valence-corrected chi connectivity index (χ3v) is 11.1. The summed E-state index contributed by atoms with van der Waals surface area (Å²) in [7, 11) is 0. The van der Waals surface area contributed by atoms with Gasteiger partial charge in [0.25, 0.3) is 0 Å². The van der Waals surface area contributed by atoms with Crippen molar-refractivity contribution in [1.29, 1.82) is 0 Å². The molecule has 52 heavy (non-hydrogen) atoms. The first kappa shape index (κ1) is 32.7. The summed E-state index contributed by atoms with van der Waals surface area (Å²) in [5.41, 5.74) is 8.87. The van der Waals surface area contributed by atoms with E-state index in [-0.39, 0.29) is 0 Å². The highest BCUT2D eigenvalue weighted by molar-refractivity contribution is 8.59. The molecular formula is C46H31ClN2S3. The van der Waals surface area contributed by atoms with Crippen LogP contribution in [0.15, 0.2) is 176 Å². The lowest BCUT2D eigenvalue weighted by atomic mass is 10.0. The Balaban J connectivity index is 0.00000177. The zero-order chi connectivity index (χ0) is 35.2. The van der Waals surface area contributed by atoms with Crippen LogP contribution in [0.1, 0.15) is 0 Å². The first-order chi connectivity index (χ1) is 25.7. The summed E-state index contributed by atoms with van der Waals surface area (Å²) >= 11 is 15.3. The smallest absolute Gasteiger partial charge is 0.0619 e. The molecule has 0 aliphatic carbocycles. The van der Waals surface area contributed by atoms with Crippen molar-refractivity contribution < 1.29 is 0 Å². The van der Waals surface area contributed by atoms with Crippen LogP contribution in [0.3, 0.4) is 0 Å². The Kier molecular flexibility index (Phi) is 8.65. The first-order valence-corrected chi connectivity index (χ1v) is 19.8. The summed E-state index contributed by atoms with van der Waals surface area (Å²) in [5.74, 6) is 0. The number of hydrogen-bond donors (Lipinski definition) is 2. The molecule has 250 valence electrons. The number of para-hydroxylation sites is 2. The molecule has 0 radical (unpaired) electrons. The van der Waals surface area contributed by atoms with Gasteiger partial charge in [0, 0.05) is 64.1 Å². The molecule has 0 aliphatic heterocycles. The third kappa shape index (κ3) is 5.62. The molecule has 10 aromatic rings. The van der Waals surface area contributed by atoms with Crippen LogP contribution in [-0.4, -0.2) is 4.57 Å². The Hall–Kier alpha value is -5.17. The van der Waals surface area contributed by atoms with E-state index in [1.807, 2.05) is 11.3 Å². The van der Waals surface area contributed by atoms with E-state index >= 15 is 0 Å². The van der Waals surface area contributed by atoms with Gasteiger partial charge in [0.15, 0.2) is 0 Å². The lowest BCUT2D eigenvalue weighted by molar-refractivity contribution is 1.19. The SMILES string of the molecule is Clc1cc(-c2ccc3c4ccc5ccccc5c4n(-c4ccccc4)c3c2)cc(N(c2ccccc2)c2ccc3sc4ccccc4c3c2)c1.SS. The van der Waals surface area contributed by atoms with Gasteiger partial charge in [-0.1, -0.05) is 115 Å². The number of nitrogens with zero attached hydrogens (tertiary/aromatic N) is 2. The van der Waals surface area contributed by atoms with Crippen LogP contribution < -0.4 is 4.90 Å². The molecule has 2 heterocycles. The quantitative estimate of drug-likeness (QED) is 0.132. The van der Waals surface area contributed by atoms with Crippen LogP contribution in [0.25, 0.3) is 69.6 Å². The van der Waals surface area contributed by atoms with Crippen LogP contribution in [-0.2, 0) is 0 Å². The lowest BCUT2D eigenvalue weighted by Gasteiger charge is -2.26. The van der Waals surface area contributed by atoms with E-state index in [1.54, 1.807) is 0 Å². The van der Waals surface area contributed by atoms with Gasteiger partial charge in [-0.2, -0.15) is 0 Å². The van der Waals surface area contributed by atoms with Gasteiger partial charge in [-0.25, -0.2) is 0 Å². The average Bonchev–Trinajstić information content (AvgIpc) is 3.75. The van der Waals surface area contributed by atoms with Crippen molar-refractivity contribution >= 4 is 116 Å². The maximum absolute atomic E-state index is 7.02. The fourth-order valence-corrected chi connectivity index (χ4v) is 8.87. The molecule has 0 N–H and O–H groups in total. The van der Waals surface area contributed by atoms with Gasteiger partial charge in [-0.05, 0) is 89.3 Å². The van der Waals surface area contributed by atoms with E-state index < -0.39 is 0 Å². The molecule has 0 atom stereocenters. The second-order valence-corrected chi connectivity index (χ2v) is 14.3. The van der Waals surface area contributed by atoms with E-state index in [2.05, 4.69) is 209 Å². The largest absolute Gasteiger partial charge is 0.310 e. The highest BCUT2D eigenvalue weighted by Crippen LogP contribution is 2.43. The predicted octanol–water partition coefficient (Wildman–Crippen LogP) is 14.9. The van der Waals surface area contributed by atoms with Crippen molar-refractivity contribution in [2.45, 2.75) is 0 Å². The van der Waals surface area contributed by atoms with Gasteiger partial charge in [0.1, 0.15) is 0 Å². The Morgan fingerprint density at radius 2 is 1.15 bits per heavy atom. The molecule has 2 aromatic heterocycles. The predicted molar refractivity (Wildman–Crippen MR) is 234 cm³/mol. The molecular weight excluding hydrogens is 712 g/mol. The van der Waals surface area contributed by atoms with Crippen LogP contribution in [0, 0.1) is 0 Å². The molecule has 0 saturated carbocycles. The zero-order valence-corrected chi connectivity index (χ0v) is 31.2. The number of hydrogen-bond acceptors (Lipinski definition) is 4. The minimum Gasteiger partial charge on any atom is -0.310 e. The van der Waals surface area contributed by atoms with Crippen LogP contribution in [0.5, 0.6) is 0 Å². The Labute approximate surface area is 321 Å². The average molecular weight is 743 g/mol. The zero-order valence-electron chi connectivity index (χ0n) is 27.8. The number of halogens is 1. The Morgan fingerprint density at radius 1 is 0.462 bits per heavy atom. The topological polar surface area (TPSA) is 8.17 Å². The summed E-state index contributed by atoms with van der Waals surface area (Å²) in [5, 5.41) is 8.17. The van der Waals surface area contributed by atoms with E-state index in [0.717, 1.165) is 39.4 Å². The second kappa shape index (κ2) is 13.8. The molecule has 2 nitrogen and oxygen atoms in total. The van der Waals surface area contributed by atoms with Gasteiger partial charge in [-0.15, -0.1) is 34.7 Å². The molecule has 0 fully saturated rings. The third-order valence-electron chi connectivity index (χ3n) is 9.77. The summed E-state index contributed by atoms with van der Waals surface area (Å²) in [6.45, 7) is 0. The van der Waals surface area contributed by atoms with E-state index in [9.17, 15) is 0 Å². The Bertz CT molecular complexity index is 2900. The number of anilines is 3. The monoisotopic (exact) mass is 742 g/mol. The minimum absolute atomic E-state index is 0.690. The van der Waals surface area contributed by atoms with Crippen LogP contribution >= 0.6 is 46.3 Å². The van der Waals surface area contributed by atoms with Gasteiger partial charge >= 0.3 is 0 Å². The highest BCUT2D eigenvalue weighted by Gasteiger charge is 2.19. The van der Waals surface area contributed by atoms with Crippen molar-refractivity contribution in [3.8, 4) is 16.8 Å². The molecule has 8 aromatic carbocycles. The number of thiol groups is 2. The maximum Gasteiger partial charge on any atom is 0.0619 e. The van der Waals surface area contributed by atoms with Gasteiger partial charge in [0.05, 0.1) is 11.0 Å². The van der Waals surface area contributed by atoms with E-state index in [1.165, 1.54) is 47.2 Å². The number of aromatic nitrogens is 1. The fraction of sp³-hybridized carbons (Fsp3) is 0. The molecule has 0 spiro atoms. The molecule has 0 unspecified atom stereocenters. The number of benzene rings is 8. The second-order valence-electron chi connectivity index (χ2n) is 12.7. The summed E-state index contributed by atoms with van der Waals surface area (Å²) < 4.78 is 5.00. The van der Waals surface area contributed by atoms with Gasteiger partial charge in [0.2, 0.25) is 0 Å². The lowest BCUT2D eigenvalue weighted by Crippen LogP contribution is -2.10. The summed E-state index contributed by atoms with van der Waals surface area (Å²) in [4.78, 5) is 2.31. The van der Waals surface area contributed by atoms with Gasteiger partial charge in [-0.3, -0.25) is 0 Å². The van der Waals surface area contributed by atoms with Gasteiger partial charge < -0.3 is 9.47 Å². The van der Waals surface area contributed by atoms with Crippen molar-refractivity contribution in [2.75, 3.05) is 4.90 Å². The van der Waals surface area contributed by atoms with Crippen LogP contribution in [0.4, 0.5) is 17.1 Å². The molecule has 0 bridgehead atoms. The molecule has 6 heteroatoms. The summed E-state index contributed by atoms with van der Waals surface area (Å²) in [6.07, 6.45) is 0. The minimum atomic E-state index is 0.690. The Morgan fingerprint density at radius 3 is 1.98 bits per heavy atom. The highest BCUT2D eigenvalue weighted by atomic mass is 35.5. The normalized spacial score (nSPS) is 11.4. The molecule has 0 aliphatic rings. The number of thiophene rings is 1. The maximum atomic E-state index is 7.02. The standard InChI is InChI=1S/C46H29ClN2S.H2S2/c47-33-25-32(26-37(28-33)48(34-12-3-1-4-13-34)36-21-24-45-42(29-36)40-17-9-10-18-44(40)50-45)31-20-22-39-41-23-19-30-11-7-8-16-38(30)46(41)49(43(39)27-31)35-14-5-2-6-15-35;1-2/h1-29H;1-2H. The first-order valence-electron chi connectivity index (χ1n) is 17.0. The molecule has 0 saturated heterocycles. The van der Waals surface area contributed by atoms with Crippen molar-refractivity contribution in [2.24, 2.45) is 0 Å². The van der Waals surface area contributed by atoms with Crippen molar-refractivity contribution in [3.05, 3.63) is 181 Å². The van der Waals surface area contributed by atoms with E-state index in [0.29, 0.717) is 5.02 Å². The van der Waals surface area contributed by atoms with Crippen LogP contribution in [0.2, 0.25) is 5.02 Å². The summed E-state index contributed by atoms with van der Waals surface area (Å²) in [6, 6.07) is 63.1. The molecule has 0 amide bonds. The van der Waals surface area contributed by atoms with Crippen molar-refractivity contribution in [1.82, 2.24) is 4.57 Å². The van der Waals surface area contributed by atoms with E-state index in [4.69, 9.17) is 11.6 Å². The number of rotatable bonds is 5. The molecule has 10 rings (SSSR count). The fourth-order valence-electron chi connectivity index (χ4n) is 7.55.